The number of pyridine rings is 1. The van der Waals surface area contributed by atoms with Crippen LogP contribution in [-0.4, -0.2) is 38.6 Å². The van der Waals surface area contributed by atoms with Crippen molar-refractivity contribution in [1.82, 2.24) is 19.4 Å². The van der Waals surface area contributed by atoms with Gasteiger partial charge in [-0.3, -0.25) is 4.98 Å². The molecule has 122 valence electrons. The maximum atomic E-state index is 4.52. The molecule has 0 unspecified atom stereocenters. The highest BCUT2D eigenvalue weighted by atomic mass is 15.2. The summed E-state index contributed by atoms with van der Waals surface area (Å²) in [7, 11) is 0. The van der Waals surface area contributed by atoms with Crippen molar-refractivity contribution in [3.05, 3.63) is 36.8 Å². The standard InChI is InChI=1S/C19H26N4/c1-2-6-17(5-1)22-12-8-16(9-13-22)15-23-14-11-21-19(23)18-7-3-4-10-20-18/h3-4,7,10-11,14,16-17H,1-2,5-6,8-9,12-13,15H2. The molecule has 3 heterocycles. The lowest BCUT2D eigenvalue weighted by atomic mass is 9.95. The first-order chi connectivity index (χ1) is 11.4. The van der Waals surface area contributed by atoms with Crippen LogP contribution in [0.15, 0.2) is 36.8 Å². The third kappa shape index (κ3) is 3.32. The van der Waals surface area contributed by atoms with Gasteiger partial charge in [0.1, 0.15) is 5.69 Å². The van der Waals surface area contributed by atoms with Crippen molar-refractivity contribution in [1.29, 1.82) is 0 Å². The van der Waals surface area contributed by atoms with Crippen LogP contribution in [0.4, 0.5) is 0 Å². The van der Waals surface area contributed by atoms with E-state index in [1.165, 1.54) is 51.6 Å². The van der Waals surface area contributed by atoms with E-state index in [0.717, 1.165) is 30.0 Å². The first kappa shape index (κ1) is 14.9. The highest BCUT2D eigenvalue weighted by Crippen LogP contribution is 2.29. The Morgan fingerprint density at radius 1 is 0.957 bits per heavy atom. The normalized spacial score (nSPS) is 21.0. The number of imidazole rings is 1. The summed E-state index contributed by atoms with van der Waals surface area (Å²) in [6.07, 6.45) is 14.2. The fourth-order valence-electron chi connectivity index (χ4n) is 4.23. The van der Waals surface area contributed by atoms with Crippen molar-refractivity contribution >= 4 is 0 Å². The molecule has 2 fully saturated rings. The van der Waals surface area contributed by atoms with Gasteiger partial charge in [-0.15, -0.1) is 0 Å². The number of nitrogens with zero attached hydrogens (tertiary/aromatic N) is 4. The molecular weight excluding hydrogens is 284 g/mol. The van der Waals surface area contributed by atoms with Gasteiger partial charge in [-0.25, -0.2) is 4.98 Å². The molecule has 0 atom stereocenters. The van der Waals surface area contributed by atoms with Gasteiger partial charge in [0.15, 0.2) is 5.82 Å². The Bertz CT molecular complexity index is 607. The monoisotopic (exact) mass is 310 g/mol. The predicted octanol–water partition coefficient (Wildman–Crippen LogP) is 3.60. The Balaban J connectivity index is 1.38. The summed E-state index contributed by atoms with van der Waals surface area (Å²) in [5.74, 6) is 1.77. The Morgan fingerprint density at radius 3 is 2.52 bits per heavy atom. The average molecular weight is 310 g/mol. The number of likely N-dealkylation sites (tertiary alicyclic amines) is 1. The summed E-state index contributed by atoms with van der Waals surface area (Å²) in [6.45, 7) is 3.64. The van der Waals surface area contributed by atoms with Gasteiger partial charge in [0.05, 0.1) is 0 Å². The van der Waals surface area contributed by atoms with Gasteiger partial charge in [0.2, 0.25) is 0 Å². The van der Waals surface area contributed by atoms with E-state index in [1.807, 2.05) is 30.6 Å². The summed E-state index contributed by atoms with van der Waals surface area (Å²) >= 11 is 0. The van der Waals surface area contributed by atoms with E-state index in [0.29, 0.717) is 0 Å². The Labute approximate surface area is 138 Å². The van der Waals surface area contributed by atoms with Crippen LogP contribution in [0.5, 0.6) is 0 Å². The van der Waals surface area contributed by atoms with E-state index < -0.39 is 0 Å². The Morgan fingerprint density at radius 2 is 1.78 bits per heavy atom. The number of rotatable bonds is 4. The third-order valence-electron chi connectivity index (χ3n) is 5.55. The number of piperidine rings is 1. The maximum Gasteiger partial charge on any atom is 0.158 e. The van der Waals surface area contributed by atoms with Crippen molar-refractivity contribution in [3.8, 4) is 11.5 Å². The fourth-order valence-corrected chi connectivity index (χ4v) is 4.23. The molecule has 2 aliphatic rings. The lowest BCUT2D eigenvalue weighted by Gasteiger charge is -2.36. The smallest absolute Gasteiger partial charge is 0.158 e. The van der Waals surface area contributed by atoms with Crippen molar-refractivity contribution in [2.24, 2.45) is 5.92 Å². The molecule has 4 nitrogen and oxygen atoms in total. The van der Waals surface area contributed by atoms with Crippen LogP contribution in [0, 0.1) is 5.92 Å². The van der Waals surface area contributed by atoms with Crippen molar-refractivity contribution in [3.63, 3.8) is 0 Å². The molecule has 0 radical (unpaired) electrons. The molecule has 1 aliphatic carbocycles. The molecule has 0 spiro atoms. The van der Waals surface area contributed by atoms with Crippen LogP contribution in [0.2, 0.25) is 0 Å². The average Bonchev–Trinajstić information content (AvgIpc) is 3.28. The second-order valence-electron chi connectivity index (χ2n) is 7.04. The van der Waals surface area contributed by atoms with Gasteiger partial charge in [-0.2, -0.15) is 0 Å². The minimum atomic E-state index is 0.768. The SMILES string of the molecule is c1ccc(-c2nccn2CC2CCN(C3CCCC3)CC2)nc1. The lowest BCUT2D eigenvalue weighted by Crippen LogP contribution is -2.40. The highest BCUT2D eigenvalue weighted by Gasteiger charge is 2.27. The number of aromatic nitrogens is 3. The molecule has 4 heteroatoms. The number of hydrogen-bond donors (Lipinski definition) is 0. The van der Waals surface area contributed by atoms with Crippen molar-refractivity contribution in [2.75, 3.05) is 13.1 Å². The molecular formula is C19H26N4. The maximum absolute atomic E-state index is 4.52. The van der Waals surface area contributed by atoms with Gasteiger partial charge in [-0.1, -0.05) is 18.9 Å². The van der Waals surface area contributed by atoms with Gasteiger partial charge in [-0.05, 0) is 56.8 Å². The first-order valence-corrected chi connectivity index (χ1v) is 9.07. The minimum absolute atomic E-state index is 0.768. The summed E-state index contributed by atoms with van der Waals surface area (Å²) in [4.78, 5) is 11.7. The van der Waals surface area contributed by atoms with Gasteiger partial charge >= 0.3 is 0 Å². The van der Waals surface area contributed by atoms with E-state index in [2.05, 4.69) is 25.6 Å². The quantitative estimate of drug-likeness (QED) is 0.865. The molecule has 0 amide bonds. The largest absolute Gasteiger partial charge is 0.329 e. The van der Waals surface area contributed by atoms with E-state index in [9.17, 15) is 0 Å². The Hall–Kier alpha value is -1.68. The summed E-state index contributed by atoms with van der Waals surface area (Å²) in [5.41, 5.74) is 0.973. The second kappa shape index (κ2) is 6.83. The van der Waals surface area contributed by atoms with Crippen LogP contribution in [0.1, 0.15) is 38.5 Å². The molecule has 1 saturated carbocycles. The summed E-state index contributed by atoms with van der Waals surface area (Å²) < 4.78 is 2.29. The van der Waals surface area contributed by atoms with Gasteiger partial charge in [0, 0.05) is 31.2 Å². The molecule has 2 aromatic heterocycles. The summed E-state index contributed by atoms with van der Waals surface area (Å²) in [5, 5.41) is 0. The van der Waals surface area contributed by atoms with E-state index in [4.69, 9.17) is 0 Å². The Kier molecular flexibility index (Phi) is 4.42. The first-order valence-electron chi connectivity index (χ1n) is 9.07. The molecule has 0 aromatic carbocycles. The number of hydrogen-bond acceptors (Lipinski definition) is 3. The van der Waals surface area contributed by atoms with E-state index in [-0.39, 0.29) is 0 Å². The molecule has 0 N–H and O–H groups in total. The van der Waals surface area contributed by atoms with Crippen LogP contribution in [0.25, 0.3) is 11.5 Å². The molecule has 0 bridgehead atoms. The molecule has 4 rings (SSSR count). The lowest BCUT2D eigenvalue weighted by molar-refractivity contribution is 0.127. The molecule has 1 aliphatic heterocycles. The highest BCUT2D eigenvalue weighted by molar-refractivity contribution is 5.48. The van der Waals surface area contributed by atoms with E-state index in [1.54, 1.807) is 0 Å². The van der Waals surface area contributed by atoms with Crippen molar-refractivity contribution in [2.45, 2.75) is 51.1 Å². The zero-order valence-corrected chi connectivity index (χ0v) is 13.8. The van der Waals surface area contributed by atoms with Crippen molar-refractivity contribution < 1.29 is 0 Å². The van der Waals surface area contributed by atoms with E-state index >= 15 is 0 Å². The second-order valence-corrected chi connectivity index (χ2v) is 7.04. The summed E-state index contributed by atoms with van der Waals surface area (Å²) in [6, 6.07) is 6.91. The zero-order chi connectivity index (χ0) is 15.5. The predicted molar refractivity (Wildman–Crippen MR) is 92.0 cm³/mol. The van der Waals surface area contributed by atoms with Crippen LogP contribution in [-0.2, 0) is 6.54 Å². The molecule has 2 aromatic rings. The fraction of sp³-hybridized carbons (Fsp3) is 0.579. The topological polar surface area (TPSA) is 34.0 Å². The molecule has 23 heavy (non-hydrogen) atoms. The van der Waals surface area contributed by atoms with Crippen LogP contribution >= 0.6 is 0 Å². The van der Waals surface area contributed by atoms with Gasteiger partial charge < -0.3 is 9.47 Å². The zero-order valence-electron chi connectivity index (χ0n) is 13.8. The van der Waals surface area contributed by atoms with Gasteiger partial charge in [0.25, 0.3) is 0 Å². The third-order valence-corrected chi connectivity index (χ3v) is 5.55. The minimum Gasteiger partial charge on any atom is -0.329 e. The molecule has 1 saturated heterocycles. The van der Waals surface area contributed by atoms with Crippen LogP contribution in [0.3, 0.4) is 0 Å². The van der Waals surface area contributed by atoms with Crippen LogP contribution < -0.4 is 0 Å².